The van der Waals surface area contributed by atoms with Gasteiger partial charge in [0.15, 0.2) is 5.13 Å². The molecule has 9 heteroatoms. The highest BCUT2D eigenvalue weighted by molar-refractivity contribution is 7.16. The lowest BCUT2D eigenvalue weighted by atomic mass is 10.1. The van der Waals surface area contributed by atoms with Crippen molar-refractivity contribution < 1.29 is 23.9 Å². The average Bonchev–Trinajstić information content (AvgIpc) is 3.21. The van der Waals surface area contributed by atoms with Crippen LogP contribution in [0.15, 0.2) is 48.5 Å². The van der Waals surface area contributed by atoms with Gasteiger partial charge in [0, 0.05) is 12.6 Å². The SMILES string of the molecule is COC(=O)c1ccc(/C=C/c2sc(NC(C)=O)nc2CCc2ccc(NC(=O)OC(C)(C)C)cc2)cc1. The van der Waals surface area contributed by atoms with Gasteiger partial charge in [-0.05, 0) is 75.1 Å². The Morgan fingerprint density at radius 1 is 0.946 bits per heavy atom. The number of anilines is 2. The third-order valence-corrected chi connectivity index (χ3v) is 6.00. The van der Waals surface area contributed by atoms with Gasteiger partial charge in [-0.25, -0.2) is 14.6 Å². The van der Waals surface area contributed by atoms with E-state index in [0.29, 0.717) is 22.8 Å². The lowest BCUT2D eigenvalue weighted by Crippen LogP contribution is -2.27. The molecule has 3 aromatic rings. The maximum Gasteiger partial charge on any atom is 0.412 e. The zero-order valence-corrected chi connectivity index (χ0v) is 22.4. The first-order valence-electron chi connectivity index (χ1n) is 11.7. The number of aryl methyl sites for hydroxylation is 2. The summed E-state index contributed by atoms with van der Waals surface area (Å²) in [4.78, 5) is 40.7. The number of nitrogens with zero attached hydrogens (tertiary/aromatic N) is 1. The van der Waals surface area contributed by atoms with Gasteiger partial charge in [-0.2, -0.15) is 0 Å². The highest BCUT2D eigenvalue weighted by Gasteiger charge is 2.16. The summed E-state index contributed by atoms with van der Waals surface area (Å²) >= 11 is 1.40. The standard InChI is InChI=1S/C28H31N3O5S/c1-18(32)29-26-31-23(24(37-26)17-11-19-6-12-21(13-7-19)25(33)35-5)16-10-20-8-14-22(15-9-20)30-27(34)36-28(2,3)4/h6-9,11-15,17H,10,16H2,1-5H3,(H,30,34)(H,29,31,32)/b17-11+. The van der Waals surface area contributed by atoms with Gasteiger partial charge in [0.05, 0.1) is 23.2 Å². The Morgan fingerprint density at radius 2 is 1.62 bits per heavy atom. The Hall–Kier alpha value is -3.98. The summed E-state index contributed by atoms with van der Waals surface area (Å²) in [6.07, 6.45) is 4.79. The molecule has 0 aliphatic rings. The normalized spacial score (nSPS) is 11.3. The van der Waals surface area contributed by atoms with Crippen LogP contribution in [0.3, 0.4) is 0 Å². The Kier molecular flexibility index (Phi) is 9.19. The smallest absolute Gasteiger partial charge is 0.412 e. The number of carbonyl (C=O) groups is 3. The maximum absolute atomic E-state index is 12.0. The molecule has 8 nitrogen and oxygen atoms in total. The molecule has 2 amide bonds. The summed E-state index contributed by atoms with van der Waals surface area (Å²) in [5, 5.41) is 6.03. The average molecular weight is 522 g/mol. The highest BCUT2D eigenvalue weighted by atomic mass is 32.1. The first-order valence-corrected chi connectivity index (χ1v) is 12.6. The van der Waals surface area contributed by atoms with Crippen LogP contribution in [-0.4, -0.2) is 35.7 Å². The van der Waals surface area contributed by atoms with Crippen molar-refractivity contribution in [2.45, 2.75) is 46.1 Å². The van der Waals surface area contributed by atoms with Crippen LogP contribution in [0.4, 0.5) is 15.6 Å². The van der Waals surface area contributed by atoms with Gasteiger partial charge in [0.25, 0.3) is 0 Å². The minimum absolute atomic E-state index is 0.178. The van der Waals surface area contributed by atoms with Crippen molar-refractivity contribution in [3.05, 3.63) is 75.8 Å². The summed E-state index contributed by atoms with van der Waals surface area (Å²) in [6, 6.07) is 14.7. The summed E-state index contributed by atoms with van der Waals surface area (Å²) in [6.45, 7) is 6.90. The molecule has 0 spiro atoms. The van der Waals surface area contributed by atoms with Gasteiger partial charge in [0.1, 0.15) is 5.60 Å². The quantitative estimate of drug-likeness (QED) is 0.342. The number of carbonyl (C=O) groups excluding carboxylic acids is 3. The van der Waals surface area contributed by atoms with Crippen molar-refractivity contribution in [1.29, 1.82) is 0 Å². The second kappa shape index (κ2) is 12.3. The van der Waals surface area contributed by atoms with Crippen LogP contribution in [-0.2, 0) is 27.1 Å². The molecule has 0 aliphatic heterocycles. The van der Waals surface area contributed by atoms with E-state index in [-0.39, 0.29) is 11.9 Å². The van der Waals surface area contributed by atoms with Crippen molar-refractivity contribution in [3.8, 4) is 0 Å². The number of hydrogen-bond acceptors (Lipinski definition) is 7. The van der Waals surface area contributed by atoms with Gasteiger partial charge in [-0.1, -0.05) is 41.7 Å². The predicted molar refractivity (Wildman–Crippen MR) is 147 cm³/mol. The van der Waals surface area contributed by atoms with E-state index in [1.165, 1.54) is 25.4 Å². The van der Waals surface area contributed by atoms with Crippen LogP contribution >= 0.6 is 11.3 Å². The van der Waals surface area contributed by atoms with E-state index in [2.05, 4.69) is 15.6 Å². The lowest BCUT2D eigenvalue weighted by molar-refractivity contribution is -0.114. The van der Waals surface area contributed by atoms with Crippen LogP contribution in [0.5, 0.6) is 0 Å². The first-order chi connectivity index (χ1) is 17.5. The van der Waals surface area contributed by atoms with Gasteiger partial charge < -0.3 is 14.8 Å². The number of ether oxygens (including phenoxy) is 2. The number of hydrogen-bond donors (Lipinski definition) is 2. The molecule has 3 rings (SSSR count). The molecule has 1 heterocycles. The number of nitrogens with one attached hydrogen (secondary N) is 2. The molecule has 0 atom stereocenters. The third kappa shape index (κ3) is 8.88. The molecule has 0 unspecified atom stereocenters. The van der Waals surface area contributed by atoms with Crippen molar-refractivity contribution in [2.24, 2.45) is 0 Å². The van der Waals surface area contributed by atoms with E-state index in [1.807, 2.05) is 69.3 Å². The summed E-state index contributed by atoms with van der Waals surface area (Å²) < 4.78 is 10.0. The van der Waals surface area contributed by atoms with Crippen molar-refractivity contribution >= 4 is 52.3 Å². The number of thiazole rings is 1. The van der Waals surface area contributed by atoms with Crippen molar-refractivity contribution in [2.75, 3.05) is 17.7 Å². The summed E-state index contributed by atoms with van der Waals surface area (Å²) in [5.41, 5.74) is 3.44. The fourth-order valence-corrected chi connectivity index (χ4v) is 4.30. The fraction of sp³-hybridized carbons (Fsp3) is 0.286. The Balaban J connectivity index is 1.69. The molecule has 1 aromatic heterocycles. The third-order valence-electron chi connectivity index (χ3n) is 5.02. The summed E-state index contributed by atoms with van der Waals surface area (Å²) in [5.74, 6) is -0.559. The predicted octanol–water partition coefficient (Wildman–Crippen LogP) is 6.19. The number of esters is 1. The molecule has 0 bridgehead atoms. The van der Waals surface area contributed by atoms with Crippen LogP contribution in [0.2, 0.25) is 0 Å². The molecule has 0 radical (unpaired) electrons. The van der Waals surface area contributed by atoms with Crippen molar-refractivity contribution in [3.63, 3.8) is 0 Å². The van der Waals surface area contributed by atoms with Crippen LogP contribution in [0.1, 0.15) is 59.8 Å². The fourth-order valence-electron chi connectivity index (χ4n) is 3.34. The number of amides is 2. The minimum atomic E-state index is -0.563. The van der Waals surface area contributed by atoms with E-state index in [4.69, 9.17) is 9.47 Å². The van der Waals surface area contributed by atoms with Gasteiger partial charge in [-0.15, -0.1) is 0 Å². The Morgan fingerprint density at radius 3 is 2.22 bits per heavy atom. The van der Waals surface area contributed by atoms with E-state index in [1.54, 1.807) is 12.1 Å². The molecule has 0 aliphatic carbocycles. The molecule has 194 valence electrons. The van der Waals surface area contributed by atoms with E-state index in [0.717, 1.165) is 28.1 Å². The van der Waals surface area contributed by atoms with Gasteiger partial charge >= 0.3 is 12.1 Å². The lowest BCUT2D eigenvalue weighted by Gasteiger charge is -2.19. The van der Waals surface area contributed by atoms with Gasteiger partial charge in [-0.3, -0.25) is 10.1 Å². The number of methoxy groups -OCH3 is 1. The summed E-state index contributed by atoms with van der Waals surface area (Å²) in [7, 11) is 1.35. The van der Waals surface area contributed by atoms with Crippen LogP contribution in [0.25, 0.3) is 12.2 Å². The number of benzene rings is 2. The minimum Gasteiger partial charge on any atom is -0.465 e. The Labute approximate surface area is 220 Å². The molecule has 2 aromatic carbocycles. The van der Waals surface area contributed by atoms with E-state index in [9.17, 15) is 14.4 Å². The zero-order valence-electron chi connectivity index (χ0n) is 21.6. The largest absolute Gasteiger partial charge is 0.465 e. The van der Waals surface area contributed by atoms with E-state index >= 15 is 0 Å². The molecular weight excluding hydrogens is 490 g/mol. The first kappa shape index (κ1) is 27.6. The van der Waals surface area contributed by atoms with E-state index < -0.39 is 11.7 Å². The number of rotatable bonds is 8. The molecule has 0 saturated heterocycles. The van der Waals surface area contributed by atoms with Crippen LogP contribution < -0.4 is 10.6 Å². The second-order valence-electron chi connectivity index (χ2n) is 9.28. The zero-order chi connectivity index (χ0) is 27.0. The monoisotopic (exact) mass is 521 g/mol. The molecular formula is C28H31N3O5S. The molecule has 0 fully saturated rings. The molecule has 37 heavy (non-hydrogen) atoms. The molecule has 0 saturated carbocycles. The highest BCUT2D eigenvalue weighted by Crippen LogP contribution is 2.27. The maximum atomic E-state index is 12.0. The second-order valence-corrected chi connectivity index (χ2v) is 10.3. The van der Waals surface area contributed by atoms with Crippen LogP contribution in [0, 0.1) is 0 Å². The Bertz CT molecular complexity index is 1270. The molecule has 2 N–H and O–H groups in total. The van der Waals surface area contributed by atoms with Gasteiger partial charge in [0.2, 0.25) is 5.91 Å². The van der Waals surface area contributed by atoms with Crippen molar-refractivity contribution in [1.82, 2.24) is 4.98 Å². The topological polar surface area (TPSA) is 107 Å². The number of aromatic nitrogens is 1.